The van der Waals surface area contributed by atoms with Crippen molar-refractivity contribution in [2.24, 2.45) is 10.9 Å². The van der Waals surface area contributed by atoms with Gasteiger partial charge in [0.05, 0.1) is 4.90 Å². The van der Waals surface area contributed by atoms with Crippen molar-refractivity contribution in [3.05, 3.63) is 46.7 Å². The molecule has 3 heterocycles. The standard InChI is InChI=1S/C15H15F3N2O6S.C5H7NS/c16-15(17,18)25-10-1-3-11(4-2-10)27(23,24)20-7-5-14(6-8-20)9-12(13(21)22)19-26-14;6-4-5-2-1-3-7-5/h1-4H,5-9H2,(H,21,22);1-3H,4,6H2. The van der Waals surface area contributed by atoms with E-state index in [0.717, 1.165) is 24.3 Å². The highest BCUT2D eigenvalue weighted by Gasteiger charge is 2.45. The summed E-state index contributed by atoms with van der Waals surface area (Å²) in [6.45, 7) is 0.828. The highest BCUT2D eigenvalue weighted by molar-refractivity contribution is 7.89. The van der Waals surface area contributed by atoms with Gasteiger partial charge in [0.15, 0.2) is 5.71 Å². The highest BCUT2D eigenvalue weighted by Crippen LogP contribution is 2.36. The molecule has 1 aromatic carbocycles. The Hall–Kier alpha value is -2.68. The van der Waals surface area contributed by atoms with Crippen molar-refractivity contribution in [2.45, 2.75) is 42.7 Å². The van der Waals surface area contributed by atoms with Crippen LogP contribution in [0.2, 0.25) is 0 Å². The monoisotopic (exact) mass is 521 g/mol. The van der Waals surface area contributed by atoms with Crippen LogP contribution in [0.1, 0.15) is 24.1 Å². The van der Waals surface area contributed by atoms with Crippen molar-refractivity contribution in [2.75, 3.05) is 13.1 Å². The molecule has 4 rings (SSSR count). The van der Waals surface area contributed by atoms with Crippen LogP contribution < -0.4 is 10.5 Å². The van der Waals surface area contributed by atoms with E-state index in [2.05, 4.69) is 9.89 Å². The van der Waals surface area contributed by atoms with Crippen LogP contribution in [0.3, 0.4) is 0 Å². The molecule has 2 aliphatic heterocycles. The minimum Gasteiger partial charge on any atom is -0.477 e. The molecule has 1 spiro atoms. The smallest absolute Gasteiger partial charge is 0.477 e. The number of sulfonamides is 1. The molecule has 0 radical (unpaired) electrons. The summed E-state index contributed by atoms with van der Waals surface area (Å²) in [6, 6.07) is 7.98. The summed E-state index contributed by atoms with van der Waals surface area (Å²) in [6.07, 6.45) is -4.26. The van der Waals surface area contributed by atoms with Crippen LogP contribution in [0.4, 0.5) is 13.2 Å². The molecular weight excluding hydrogens is 499 g/mol. The molecule has 1 fully saturated rings. The molecule has 2 aliphatic rings. The van der Waals surface area contributed by atoms with Crippen LogP contribution in [0.25, 0.3) is 0 Å². The number of hydrogen-bond donors (Lipinski definition) is 2. The molecule has 34 heavy (non-hydrogen) atoms. The van der Waals surface area contributed by atoms with Crippen molar-refractivity contribution in [1.82, 2.24) is 4.31 Å². The summed E-state index contributed by atoms with van der Waals surface area (Å²) in [5, 5.41) is 14.5. The summed E-state index contributed by atoms with van der Waals surface area (Å²) < 4.78 is 66.8. The Morgan fingerprint density at radius 2 is 1.88 bits per heavy atom. The minimum absolute atomic E-state index is 0.0750. The van der Waals surface area contributed by atoms with Gasteiger partial charge in [-0.05, 0) is 35.7 Å². The first-order valence-electron chi connectivity index (χ1n) is 10.0. The van der Waals surface area contributed by atoms with Gasteiger partial charge < -0.3 is 20.4 Å². The Labute approximate surface area is 197 Å². The van der Waals surface area contributed by atoms with Crippen molar-refractivity contribution < 1.29 is 41.1 Å². The molecule has 0 saturated carbocycles. The Bertz CT molecular complexity index is 1110. The Balaban J connectivity index is 0.000000396. The molecule has 9 nitrogen and oxygen atoms in total. The van der Waals surface area contributed by atoms with Crippen LogP contribution in [0.5, 0.6) is 5.75 Å². The number of carbonyl (C=O) groups is 1. The topological polar surface area (TPSA) is 132 Å². The van der Waals surface area contributed by atoms with Gasteiger partial charge in [-0.2, -0.15) is 4.31 Å². The molecule has 0 unspecified atom stereocenters. The zero-order valence-electron chi connectivity index (χ0n) is 17.7. The lowest BCUT2D eigenvalue weighted by Crippen LogP contribution is -2.47. The number of nitrogens with two attached hydrogens (primary N) is 1. The lowest BCUT2D eigenvalue weighted by Gasteiger charge is -2.36. The molecule has 2 aromatic rings. The first-order chi connectivity index (χ1) is 15.9. The Kier molecular flexibility index (Phi) is 7.85. The summed E-state index contributed by atoms with van der Waals surface area (Å²) in [5.74, 6) is -1.69. The predicted molar refractivity (Wildman–Crippen MR) is 117 cm³/mol. The van der Waals surface area contributed by atoms with Gasteiger partial charge >= 0.3 is 12.3 Å². The molecule has 0 bridgehead atoms. The highest BCUT2D eigenvalue weighted by atomic mass is 32.2. The average molecular weight is 522 g/mol. The largest absolute Gasteiger partial charge is 0.573 e. The van der Waals surface area contributed by atoms with Crippen LogP contribution in [0, 0.1) is 0 Å². The first-order valence-corrected chi connectivity index (χ1v) is 12.3. The number of ether oxygens (including phenoxy) is 1. The molecule has 3 N–H and O–H groups in total. The molecule has 0 atom stereocenters. The molecule has 1 saturated heterocycles. The third-order valence-corrected chi connectivity index (χ3v) is 8.01. The van der Waals surface area contributed by atoms with Gasteiger partial charge in [0.1, 0.15) is 11.4 Å². The number of carboxylic acids is 1. The number of aliphatic carboxylic acids is 1. The third kappa shape index (κ3) is 6.46. The molecule has 1 aromatic heterocycles. The SMILES string of the molecule is NCc1cccs1.O=C(O)C1=NOC2(CCN(S(=O)(=O)c3ccc(OC(F)(F)F)cc3)CC2)C1. The second-order valence-electron chi connectivity index (χ2n) is 7.50. The minimum atomic E-state index is -4.86. The van der Waals surface area contributed by atoms with E-state index in [4.69, 9.17) is 15.7 Å². The van der Waals surface area contributed by atoms with Gasteiger partial charge in [-0.1, -0.05) is 11.2 Å². The number of carboxylic acid groups (broad SMARTS) is 1. The fourth-order valence-electron chi connectivity index (χ4n) is 3.43. The van der Waals surface area contributed by atoms with Crippen LogP contribution in [-0.4, -0.2) is 54.6 Å². The quantitative estimate of drug-likeness (QED) is 0.618. The maximum absolute atomic E-state index is 12.7. The van der Waals surface area contributed by atoms with Crippen LogP contribution in [0.15, 0.2) is 51.8 Å². The second kappa shape index (κ2) is 10.3. The van der Waals surface area contributed by atoms with Crippen LogP contribution >= 0.6 is 11.3 Å². The number of benzene rings is 1. The van der Waals surface area contributed by atoms with E-state index < -0.39 is 33.7 Å². The maximum atomic E-state index is 12.7. The summed E-state index contributed by atoms with van der Waals surface area (Å²) in [4.78, 5) is 17.3. The number of alkyl halides is 3. The van der Waals surface area contributed by atoms with E-state index in [-0.39, 0.29) is 43.0 Å². The normalized spacial score (nSPS) is 17.9. The van der Waals surface area contributed by atoms with Gasteiger partial charge in [-0.3, -0.25) is 0 Å². The number of piperidine rings is 1. The molecular formula is C20H22F3N3O6S2. The fourth-order valence-corrected chi connectivity index (χ4v) is 5.46. The number of hydrogen-bond acceptors (Lipinski definition) is 8. The number of nitrogens with zero attached hydrogens (tertiary/aromatic N) is 2. The van der Waals surface area contributed by atoms with E-state index >= 15 is 0 Å². The van der Waals surface area contributed by atoms with Gasteiger partial charge in [-0.25, -0.2) is 13.2 Å². The predicted octanol–water partition coefficient (Wildman–Crippen LogP) is 3.18. The Morgan fingerprint density at radius 3 is 2.32 bits per heavy atom. The number of halogens is 3. The fraction of sp³-hybridized carbons (Fsp3) is 0.400. The number of rotatable bonds is 5. The number of oxime groups is 1. The zero-order valence-corrected chi connectivity index (χ0v) is 19.3. The van der Waals surface area contributed by atoms with Crippen molar-refractivity contribution in [3.63, 3.8) is 0 Å². The van der Waals surface area contributed by atoms with Crippen molar-refractivity contribution in [1.29, 1.82) is 0 Å². The summed E-state index contributed by atoms with van der Waals surface area (Å²) >= 11 is 1.70. The lowest BCUT2D eigenvalue weighted by atomic mass is 9.88. The Morgan fingerprint density at radius 1 is 1.24 bits per heavy atom. The maximum Gasteiger partial charge on any atom is 0.573 e. The average Bonchev–Trinajstić information content (AvgIpc) is 3.44. The van der Waals surface area contributed by atoms with E-state index in [1.807, 2.05) is 17.5 Å². The van der Waals surface area contributed by atoms with Gasteiger partial charge in [0.25, 0.3) is 0 Å². The summed E-state index contributed by atoms with van der Waals surface area (Å²) in [7, 11) is -3.91. The lowest BCUT2D eigenvalue weighted by molar-refractivity contribution is -0.274. The van der Waals surface area contributed by atoms with E-state index in [1.54, 1.807) is 11.3 Å². The van der Waals surface area contributed by atoms with Gasteiger partial charge in [-0.15, -0.1) is 24.5 Å². The van der Waals surface area contributed by atoms with E-state index in [0.29, 0.717) is 6.54 Å². The van der Waals surface area contributed by atoms with E-state index in [1.165, 1.54) is 9.18 Å². The summed E-state index contributed by atoms with van der Waals surface area (Å²) in [5.41, 5.74) is 4.37. The van der Waals surface area contributed by atoms with Crippen LogP contribution in [-0.2, 0) is 26.2 Å². The first kappa shape index (κ1) is 25.9. The second-order valence-corrected chi connectivity index (χ2v) is 10.5. The molecule has 0 amide bonds. The van der Waals surface area contributed by atoms with E-state index in [9.17, 15) is 26.4 Å². The zero-order chi connectivity index (χ0) is 25.0. The van der Waals surface area contributed by atoms with Gasteiger partial charge in [0, 0.05) is 43.8 Å². The van der Waals surface area contributed by atoms with Crippen molar-refractivity contribution in [3.8, 4) is 5.75 Å². The molecule has 0 aliphatic carbocycles. The molecule has 186 valence electrons. The van der Waals surface area contributed by atoms with Gasteiger partial charge in [0.2, 0.25) is 10.0 Å². The number of thiophene rings is 1. The third-order valence-electron chi connectivity index (χ3n) is 5.20. The molecule has 14 heteroatoms. The van der Waals surface area contributed by atoms with Crippen molar-refractivity contribution >= 4 is 33.0 Å².